The van der Waals surface area contributed by atoms with Crippen LogP contribution in [0.4, 0.5) is 0 Å². The van der Waals surface area contributed by atoms with Gasteiger partial charge >= 0.3 is 0 Å². The molecule has 0 aromatic rings. The van der Waals surface area contributed by atoms with E-state index >= 15 is 0 Å². The number of quaternary nitrogens is 1. The van der Waals surface area contributed by atoms with E-state index in [9.17, 15) is 5.11 Å². The third-order valence-electron chi connectivity index (χ3n) is 5.75. The van der Waals surface area contributed by atoms with E-state index in [1.165, 1.54) is 76.5 Å². The lowest BCUT2D eigenvalue weighted by atomic mass is 10.1. The lowest BCUT2D eigenvalue weighted by Crippen LogP contribution is -2.56. The Morgan fingerprint density at radius 3 is 2.16 bits per heavy atom. The molecule has 146 valence electrons. The van der Waals surface area contributed by atoms with E-state index in [0.717, 1.165) is 26.1 Å². The second-order valence-corrected chi connectivity index (χ2v) is 7.63. The minimum absolute atomic E-state index is 0.326. The van der Waals surface area contributed by atoms with Crippen LogP contribution in [-0.4, -0.2) is 41.3 Å². The van der Waals surface area contributed by atoms with Crippen molar-refractivity contribution in [3.63, 3.8) is 0 Å². The molecule has 0 spiro atoms. The summed E-state index contributed by atoms with van der Waals surface area (Å²) in [5.41, 5.74) is 0. The topological polar surface area (TPSA) is 32.6 Å². The highest BCUT2D eigenvalue weighted by Gasteiger charge is 2.40. The van der Waals surface area contributed by atoms with E-state index in [1.807, 2.05) is 6.92 Å². The predicted molar refractivity (Wildman–Crippen MR) is 110 cm³/mol. The molecule has 0 aliphatic carbocycles. The van der Waals surface area contributed by atoms with Gasteiger partial charge in [-0.3, -0.25) is 4.48 Å². The van der Waals surface area contributed by atoms with Gasteiger partial charge in [0.05, 0.1) is 13.1 Å². The summed E-state index contributed by atoms with van der Waals surface area (Å²) in [5.74, 6) is 1.23. The van der Waals surface area contributed by atoms with E-state index in [-0.39, 0.29) is 6.23 Å². The molecular weight excluding hydrogens is 308 g/mol. The minimum atomic E-state index is -0.326. The number of aliphatic imine (C=N–C) groups is 1. The number of hydrogen-bond donors (Lipinski definition) is 1. The average molecular weight is 352 g/mol. The number of unbranched alkanes of at least 4 members (excludes halogenated alkanes) is 9. The molecule has 1 heterocycles. The number of hydrogen-bond acceptors (Lipinski definition) is 2. The maximum Gasteiger partial charge on any atom is 0.200 e. The van der Waals surface area contributed by atoms with Crippen LogP contribution in [0.5, 0.6) is 0 Å². The van der Waals surface area contributed by atoms with Gasteiger partial charge < -0.3 is 5.11 Å². The van der Waals surface area contributed by atoms with Crippen LogP contribution in [0.3, 0.4) is 0 Å². The molecule has 0 bridgehead atoms. The number of aliphatic hydroxyl groups excluding tert-OH is 1. The molecule has 25 heavy (non-hydrogen) atoms. The summed E-state index contributed by atoms with van der Waals surface area (Å²) >= 11 is 0. The maximum atomic E-state index is 10.2. The molecule has 0 aromatic heterocycles. The number of nitrogens with zero attached hydrogens (tertiary/aromatic N) is 2. The molecule has 0 aromatic carbocycles. The van der Waals surface area contributed by atoms with E-state index in [2.05, 4.69) is 31.0 Å². The highest BCUT2D eigenvalue weighted by molar-refractivity contribution is 5.76. The first-order valence-corrected chi connectivity index (χ1v) is 10.9. The van der Waals surface area contributed by atoms with Crippen molar-refractivity contribution in [2.24, 2.45) is 4.99 Å². The van der Waals surface area contributed by atoms with Gasteiger partial charge in [-0.2, -0.15) is 0 Å². The number of aliphatic hydroxyl groups is 1. The van der Waals surface area contributed by atoms with Gasteiger partial charge in [0, 0.05) is 13.3 Å². The first-order chi connectivity index (χ1) is 12.2. The second-order valence-electron chi connectivity index (χ2n) is 7.63. The molecule has 1 rings (SSSR count). The monoisotopic (exact) mass is 351 g/mol. The predicted octanol–water partition coefficient (Wildman–Crippen LogP) is 5.83. The van der Waals surface area contributed by atoms with E-state index in [1.54, 1.807) is 0 Å². The Kier molecular flexibility index (Phi) is 12.1. The largest absolute Gasteiger partial charge is 0.345 e. The van der Waals surface area contributed by atoms with Crippen molar-refractivity contribution < 1.29 is 9.59 Å². The molecule has 0 radical (unpaired) electrons. The first-order valence-electron chi connectivity index (χ1n) is 10.9. The van der Waals surface area contributed by atoms with Crippen molar-refractivity contribution in [3.05, 3.63) is 12.2 Å². The van der Waals surface area contributed by atoms with Gasteiger partial charge in [0.1, 0.15) is 6.54 Å². The third kappa shape index (κ3) is 8.04. The Balaban J connectivity index is 2.03. The van der Waals surface area contributed by atoms with E-state index < -0.39 is 0 Å². The lowest BCUT2D eigenvalue weighted by molar-refractivity contribution is -0.882. The zero-order valence-corrected chi connectivity index (χ0v) is 17.2. The highest BCUT2D eigenvalue weighted by atomic mass is 16.3. The van der Waals surface area contributed by atoms with Gasteiger partial charge in [-0.15, -0.1) is 0 Å². The van der Waals surface area contributed by atoms with Crippen LogP contribution in [0.15, 0.2) is 17.1 Å². The van der Waals surface area contributed by atoms with Crippen LogP contribution in [0.2, 0.25) is 0 Å². The molecule has 0 amide bonds. The van der Waals surface area contributed by atoms with Crippen LogP contribution in [0.1, 0.15) is 97.8 Å². The highest BCUT2D eigenvalue weighted by Crippen LogP contribution is 2.22. The fourth-order valence-corrected chi connectivity index (χ4v) is 3.94. The number of likely N-dealkylation sites (N-methyl/N-ethyl adjacent to an activating group) is 1. The van der Waals surface area contributed by atoms with Crippen LogP contribution in [0.25, 0.3) is 0 Å². The van der Waals surface area contributed by atoms with Gasteiger partial charge in [-0.25, -0.2) is 4.99 Å². The standard InChI is InChI=1S/C22H43N2O/c1-4-6-7-8-9-10-11-12-13-14-15-16-17-18-22-23-19-20-24(22,5-2)21(3)25/h13-14,21,25H,4-12,15-20H2,1-3H3/q+1/b14-13+. The van der Waals surface area contributed by atoms with Gasteiger partial charge in [0.25, 0.3) is 0 Å². The maximum absolute atomic E-state index is 10.2. The molecule has 1 aliphatic rings. The molecule has 0 saturated heterocycles. The number of rotatable bonds is 15. The summed E-state index contributed by atoms with van der Waals surface area (Å²) in [6, 6.07) is 0. The van der Waals surface area contributed by atoms with Crippen LogP contribution < -0.4 is 0 Å². The Labute approximate surface area is 156 Å². The van der Waals surface area contributed by atoms with E-state index in [4.69, 9.17) is 0 Å². The van der Waals surface area contributed by atoms with Gasteiger partial charge in [-0.05, 0) is 39.0 Å². The zero-order chi connectivity index (χ0) is 18.4. The molecule has 1 N–H and O–H groups in total. The average Bonchev–Trinajstić information content (AvgIpc) is 3.03. The summed E-state index contributed by atoms with van der Waals surface area (Å²) in [7, 11) is 0. The van der Waals surface area contributed by atoms with Crippen molar-refractivity contribution in [3.8, 4) is 0 Å². The molecule has 3 heteroatoms. The Morgan fingerprint density at radius 2 is 1.56 bits per heavy atom. The smallest absolute Gasteiger partial charge is 0.200 e. The van der Waals surface area contributed by atoms with Gasteiger partial charge in [0.2, 0.25) is 5.84 Å². The van der Waals surface area contributed by atoms with Gasteiger partial charge in [-0.1, -0.05) is 57.6 Å². The van der Waals surface area contributed by atoms with Crippen molar-refractivity contribution in [1.29, 1.82) is 0 Å². The summed E-state index contributed by atoms with van der Waals surface area (Å²) in [6.07, 6.45) is 20.1. The second kappa shape index (κ2) is 13.5. The molecule has 0 fully saturated rings. The SMILES string of the molecule is CCCCCCCCC/C=C/CCCCC1=NCC[N+]1(CC)C(C)O. The molecular formula is C22H43N2O+. The fourth-order valence-electron chi connectivity index (χ4n) is 3.94. The number of allylic oxidation sites excluding steroid dienone is 2. The Hall–Kier alpha value is -0.670. The number of amidine groups is 1. The molecule has 1 aliphatic heterocycles. The van der Waals surface area contributed by atoms with Gasteiger partial charge in [0.15, 0.2) is 6.23 Å². The molecule has 2 unspecified atom stereocenters. The van der Waals surface area contributed by atoms with Crippen molar-refractivity contribution >= 4 is 5.84 Å². The minimum Gasteiger partial charge on any atom is -0.345 e. The Bertz CT molecular complexity index is 389. The Morgan fingerprint density at radius 1 is 0.960 bits per heavy atom. The summed E-state index contributed by atoms with van der Waals surface area (Å²) < 4.78 is 0.702. The quantitative estimate of drug-likeness (QED) is 0.225. The lowest BCUT2D eigenvalue weighted by Gasteiger charge is -2.36. The summed E-state index contributed by atoms with van der Waals surface area (Å²) in [6.45, 7) is 9.17. The molecule has 2 atom stereocenters. The van der Waals surface area contributed by atoms with Crippen LogP contribution >= 0.6 is 0 Å². The zero-order valence-electron chi connectivity index (χ0n) is 17.2. The first kappa shape index (κ1) is 22.4. The van der Waals surface area contributed by atoms with Crippen molar-refractivity contribution in [2.45, 2.75) is 104 Å². The fraction of sp³-hybridized carbons (Fsp3) is 0.864. The summed E-state index contributed by atoms with van der Waals surface area (Å²) in [4.78, 5) is 4.69. The van der Waals surface area contributed by atoms with E-state index in [0.29, 0.717) is 4.48 Å². The molecule has 0 saturated carbocycles. The van der Waals surface area contributed by atoms with Crippen LogP contribution in [0, 0.1) is 0 Å². The van der Waals surface area contributed by atoms with Crippen molar-refractivity contribution in [2.75, 3.05) is 19.6 Å². The third-order valence-corrected chi connectivity index (χ3v) is 5.75. The van der Waals surface area contributed by atoms with Crippen molar-refractivity contribution in [1.82, 2.24) is 0 Å². The summed E-state index contributed by atoms with van der Waals surface area (Å²) in [5, 5.41) is 10.2. The molecule has 3 nitrogen and oxygen atoms in total. The normalized spacial score (nSPS) is 21.8. The van der Waals surface area contributed by atoms with Crippen LogP contribution in [-0.2, 0) is 0 Å².